The number of hydrazine groups is 1. The predicted octanol–water partition coefficient (Wildman–Crippen LogP) is 3.88. The number of carbonyl (C=O) groups is 6. The third-order valence-corrected chi connectivity index (χ3v) is 6.33. The molecule has 3 rings (SSSR count). The van der Waals surface area contributed by atoms with Crippen LogP contribution in [0, 0.1) is 5.92 Å². The molecule has 0 aromatic heterocycles. The second-order valence-corrected chi connectivity index (χ2v) is 9.93. The van der Waals surface area contributed by atoms with Gasteiger partial charge in [-0.1, -0.05) is 61.3 Å². The number of esters is 2. The Bertz CT molecular complexity index is 1540. The molecular weight excluding hydrogens is 605 g/mol. The molecule has 0 aliphatic heterocycles. The quantitative estimate of drug-likeness (QED) is 0.191. The predicted molar refractivity (Wildman–Crippen MR) is 154 cm³/mol. The first-order valence-corrected chi connectivity index (χ1v) is 13.3. The number of carbonyl (C=O) groups excluding carboxylic acids is 5. The summed E-state index contributed by atoms with van der Waals surface area (Å²) in [5, 5.41) is 12.4. The molecule has 0 radical (unpaired) electrons. The second kappa shape index (κ2) is 14.8. The number of carboxylic acid groups (broad SMARTS) is 1. The van der Waals surface area contributed by atoms with E-state index in [0.717, 1.165) is 0 Å². The van der Waals surface area contributed by atoms with E-state index >= 15 is 0 Å². The highest BCUT2D eigenvalue weighted by atomic mass is 35.5. The number of benzene rings is 3. The zero-order valence-corrected chi connectivity index (χ0v) is 24.1. The van der Waals surface area contributed by atoms with Gasteiger partial charge in [0.1, 0.15) is 0 Å². The van der Waals surface area contributed by atoms with Crippen LogP contribution in [0.4, 0.5) is 5.69 Å². The van der Waals surface area contributed by atoms with Crippen LogP contribution in [0.25, 0.3) is 0 Å². The van der Waals surface area contributed by atoms with Crippen molar-refractivity contribution in [2.24, 2.45) is 5.92 Å². The number of aliphatic carboxylic acids is 1. The molecule has 0 saturated heterocycles. The fourth-order valence-corrected chi connectivity index (χ4v) is 3.78. The van der Waals surface area contributed by atoms with E-state index in [1.165, 1.54) is 72.8 Å². The molecule has 3 aromatic carbocycles. The minimum Gasteiger partial charge on any atom is -0.478 e. The van der Waals surface area contributed by atoms with Gasteiger partial charge in [-0.25, -0.2) is 14.4 Å². The number of anilines is 1. The van der Waals surface area contributed by atoms with Gasteiger partial charge in [0, 0.05) is 17.2 Å². The summed E-state index contributed by atoms with van der Waals surface area (Å²) >= 11 is 12.0. The maximum absolute atomic E-state index is 13.1. The van der Waals surface area contributed by atoms with Crippen molar-refractivity contribution in [2.45, 2.75) is 26.1 Å². The van der Waals surface area contributed by atoms with Gasteiger partial charge >= 0.3 is 17.9 Å². The van der Waals surface area contributed by atoms with Crippen LogP contribution in [-0.2, 0) is 23.9 Å². The number of nitrogens with one attached hydrogen (secondary N) is 3. The monoisotopic (exact) mass is 629 g/mol. The van der Waals surface area contributed by atoms with E-state index in [1.54, 1.807) is 13.8 Å². The summed E-state index contributed by atoms with van der Waals surface area (Å²) in [5.41, 5.74) is 4.10. The lowest BCUT2D eigenvalue weighted by Gasteiger charge is -2.24. The van der Waals surface area contributed by atoms with Gasteiger partial charge in [0.2, 0.25) is 18.1 Å². The Labute approximate surface area is 255 Å². The van der Waals surface area contributed by atoms with Crippen LogP contribution in [0.3, 0.4) is 0 Å². The molecule has 0 saturated carbocycles. The Kier molecular flexibility index (Phi) is 11.2. The summed E-state index contributed by atoms with van der Waals surface area (Å²) in [6.45, 7) is 3.43. The van der Waals surface area contributed by atoms with Crippen LogP contribution in [0.5, 0.6) is 0 Å². The molecule has 12 nitrogen and oxygen atoms in total. The van der Waals surface area contributed by atoms with Gasteiger partial charge in [0.15, 0.2) is 0 Å². The Balaban J connectivity index is 1.81. The van der Waals surface area contributed by atoms with Crippen LogP contribution in [-0.4, -0.2) is 52.9 Å². The van der Waals surface area contributed by atoms with Gasteiger partial charge in [0.05, 0.1) is 21.2 Å². The van der Waals surface area contributed by atoms with Crippen molar-refractivity contribution in [1.29, 1.82) is 0 Å². The van der Waals surface area contributed by atoms with E-state index in [1.807, 2.05) is 5.43 Å². The Morgan fingerprint density at radius 2 is 1.16 bits per heavy atom. The van der Waals surface area contributed by atoms with Crippen LogP contribution >= 0.6 is 23.2 Å². The van der Waals surface area contributed by atoms with E-state index in [4.69, 9.17) is 32.7 Å². The molecule has 3 aromatic rings. The molecule has 2 atom stereocenters. The highest BCUT2D eigenvalue weighted by Crippen LogP contribution is 2.21. The van der Waals surface area contributed by atoms with E-state index in [0.29, 0.717) is 5.69 Å². The molecule has 0 fully saturated rings. The molecular formula is C29H25Cl2N3O9. The number of halogens is 2. The van der Waals surface area contributed by atoms with Crippen molar-refractivity contribution in [3.8, 4) is 0 Å². The number of hydrogen-bond donors (Lipinski definition) is 4. The first-order chi connectivity index (χ1) is 20.4. The number of rotatable bonds is 10. The van der Waals surface area contributed by atoms with Gasteiger partial charge in [0.25, 0.3) is 11.8 Å². The van der Waals surface area contributed by atoms with E-state index in [-0.39, 0.29) is 38.6 Å². The average Bonchev–Trinajstić information content (AvgIpc) is 2.97. The minimum atomic E-state index is -2.38. The average molecular weight is 630 g/mol. The Morgan fingerprint density at radius 1 is 0.674 bits per heavy atom. The number of hydrogen-bond acceptors (Lipinski definition) is 8. The van der Waals surface area contributed by atoms with Gasteiger partial charge in [-0.15, -0.1) is 0 Å². The second-order valence-electron chi connectivity index (χ2n) is 9.11. The van der Waals surface area contributed by atoms with Crippen LogP contribution in [0.1, 0.15) is 44.9 Å². The normalized spacial score (nSPS) is 11.9. The lowest BCUT2D eigenvalue weighted by atomic mass is 10.1. The van der Waals surface area contributed by atoms with E-state index < -0.39 is 41.9 Å². The zero-order chi connectivity index (χ0) is 31.7. The Hall–Kier alpha value is -4.94. The fraction of sp³-hybridized carbons (Fsp3) is 0.172. The van der Waals surface area contributed by atoms with E-state index in [9.17, 15) is 33.9 Å². The van der Waals surface area contributed by atoms with Crippen molar-refractivity contribution in [2.75, 3.05) is 5.32 Å². The summed E-state index contributed by atoms with van der Waals surface area (Å²) < 4.78 is 10.2. The first kappa shape index (κ1) is 32.6. The first-order valence-electron chi connectivity index (χ1n) is 12.5. The Morgan fingerprint density at radius 3 is 1.63 bits per heavy atom. The smallest absolute Gasteiger partial charge is 0.349 e. The number of amides is 3. The van der Waals surface area contributed by atoms with Gasteiger partial charge in [-0.3, -0.25) is 25.2 Å². The molecule has 0 bridgehead atoms. The topological polar surface area (TPSA) is 177 Å². The molecule has 3 amide bonds. The van der Waals surface area contributed by atoms with Crippen molar-refractivity contribution < 1.29 is 43.3 Å². The molecule has 0 spiro atoms. The summed E-state index contributed by atoms with van der Waals surface area (Å²) in [4.78, 5) is 75.4. The lowest BCUT2D eigenvalue weighted by Crippen LogP contribution is -2.54. The van der Waals surface area contributed by atoms with Crippen molar-refractivity contribution in [1.82, 2.24) is 10.9 Å². The van der Waals surface area contributed by atoms with Gasteiger partial charge in [-0.2, -0.15) is 0 Å². The summed E-state index contributed by atoms with van der Waals surface area (Å²) in [6.07, 6.45) is -4.68. The van der Waals surface area contributed by atoms with Crippen LogP contribution in [0.2, 0.25) is 10.0 Å². The summed E-state index contributed by atoms with van der Waals surface area (Å²) in [6, 6.07) is 16.8. The van der Waals surface area contributed by atoms with Crippen molar-refractivity contribution in [3.63, 3.8) is 0 Å². The zero-order valence-electron chi connectivity index (χ0n) is 22.6. The van der Waals surface area contributed by atoms with Crippen molar-refractivity contribution in [3.05, 3.63) is 99.5 Å². The van der Waals surface area contributed by atoms with Crippen molar-refractivity contribution >= 4 is 64.5 Å². The molecule has 224 valence electrons. The molecule has 14 heteroatoms. The summed E-state index contributed by atoms with van der Waals surface area (Å²) in [5.74, 6) is -6.98. The fourth-order valence-electron chi connectivity index (χ4n) is 3.36. The molecule has 0 heterocycles. The lowest BCUT2D eigenvalue weighted by molar-refractivity contribution is -0.159. The highest BCUT2D eigenvalue weighted by Gasteiger charge is 2.41. The van der Waals surface area contributed by atoms with Gasteiger partial charge < -0.3 is 19.9 Å². The standard InChI is InChI=1S/C29H25Cl2N3O9/c1-15(2)24(35)32-17-13-11-16(12-14-17)25(36)33-34-26(37)22(42-28(40)18-7-3-5-9-20(18)30)23(27(38)39)43-29(41)19-8-4-6-10-21(19)31/h3-15,22-23H,1-2H3,(H,32,35)(H,33,36)(H,34,37)(H,38,39)/t22-,23-/m0/s1. The maximum atomic E-state index is 13.1. The highest BCUT2D eigenvalue weighted by molar-refractivity contribution is 6.34. The number of ether oxygens (including phenoxy) is 2. The molecule has 0 aliphatic rings. The van der Waals surface area contributed by atoms with Crippen LogP contribution < -0.4 is 16.2 Å². The number of carboxylic acids is 1. The van der Waals surface area contributed by atoms with E-state index in [2.05, 4.69) is 10.7 Å². The SMILES string of the molecule is CC(C)C(=O)Nc1ccc(C(=O)NNC(=O)[C@@H](OC(=O)c2ccccc2Cl)[C@H](OC(=O)c2ccccc2Cl)C(=O)O)cc1. The minimum absolute atomic E-state index is 0.0485. The van der Waals surface area contributed by atoms with Crippen LogP contribution in [0.15, 0.2) is 72.8 Å². The largest absolute Gasteiger partial charge is 0.478 e. The molecule has 0 unspecified atom stereocenters. The molecule has 0 aliphatic carbocycles. The van der Waals surface area contributed by atoms with Gasteiger partial charge in [-0.05, 0) is 48.5 Å². The summed E-state index contributed by atoms with van der Waals surface area (Å²) in [7, 11) is 0. The molecule has 43 heavy (non-hydrogen) atoms. The third-order valence-electron chi connectivity index (χ3n) is 5.67. The third kappa shape index (κ3) is 8.77. The molecule has 4 N–H and O–H groups in total. The maximum Gasteiger partial charge on any atom is 0.349 e.